The molecular formula is C14H15FO2. The third-order valence-corrected chi connectivity index (χ3v) is 2.06. The summed E-state index contributed by atoms with van der Waals surface area (Å²) in [6, 6.07) is 9.29. The molecule has 0 radical (unpaired) electrons. The molecule has 0 aliphatic carbocycles. The van der Waals surface area contributed by atoms with Crippen LogP contribution in [0.4, 0.5) is 4.39 Å². The van der Waals surface area contributed by atoms with Crippen molar-refractivity contribution >= 4 is 5.78 Å². The predicted molar refractivity (Wildman–Crippen MR) is 65.5 cm³/mol. The largest absolute Gasteiger partial charge is 0.453 e. The second kappa shape index (κ2) is 5.99. The van der Waals surface area contributed by atoms with Gasteiger partial charge in [-0.25, -0.2) is 4.39 Å². The number of hydrogen-bond acceptors (Lipinski definition) is 2. The zero-order valence-corrected chi connectivity index (χ0v) is 10.2. The van der Waals surface area contributed by atoms with Gasteiger partial charge in [-0.2, -0.15) is 0 Å². The first-order valence-electron chi connectivity index (χ1n) is 5.53. The van der Waals surface area contributed by atoms with Crippen LogP contribution in [0, 0.1) is 5.82 Å². The van der Waals surface area contributed by atoms with Crippen LogP contribution < -0.4 is 0 Å². The average Bonchev–Trinajstić information content (AvgIpc) is 2.81. The number of carbonyl (C=O) groups excluding carboxylic acids is 1. The molecule has 17 heavy (non-hydrogen) atoms. The molecule has 1 heterocycles. The molecule has 1 aromatic carbocycles. The maximum atomic E-state index is 12.9. The Morgan fingerprint density at radius 3 is 2.41 bits per heavy atom. The highest BCUT2D eigenvalue weighted by Crippen LogP contribution is 2.22. The van der Waals surface area contributed by atoms with Crippen molar-refractivity contribution in [2.24, 2.45) is 0 Å². The maximum Gasteiger partial charge on any atom is 0.194 e. The number of furan rings is 1. The van der Waals surface area contributed by atoms with Gasteiger partial charge < -0.3 is 4.42 Å². The molecular weight excluding hydrogens is 219 g/mol. The quantitative estimate of drug-likeness (QED) is 0.724. The monoisotopic (exact) mass is 234 g/mol. The fourth-order valence-corrected chi connectivity index (χ4v) is 1.32. The number of ketones is 1. The van der Waals surface area contributed by atoms with Gasteiger partial charge in [-0.15, -0.1) is 0 Å². The summed E-state index contributed by atoms with van der Waals surface area (Å²) >= 11 is 0. The maximum absolute atomic E-state index is 12.9. The van der Waals surface area contributed by atoms with E-state index in [-0.39, 0.29) is 17.4 Å². The van der Waals surface area contributed by atoms with Gasteiger partial charge in [0.15, 0.2) is 11.5 Å². The predicted octanol–water partition coefficient (Wildman–Crippen LogP) is 4.31. The van der Waals surface area contributed by atoms with Crippen molar-refractivity contribution in [2.75, 3.05) is 0 Å². The second-order valence-electron chi connectivity index (χ2n) is 3.23. The standard InChI is InChI=1S/C12H9FO2.C2H6/c1-8(14)11-5-6-12(15-11)9-3-2-4-10(13)7-9;1-2/h2-7H,1H3;1-2H3. The molecule has 2 aromatic rings. The van der Waals surface area contributed by atoms with Crippen LogP contribution in [0.2, 0.25) is 0 Å². The minimum absolute atomic E-state index is 0.141. The van der Waals surface area contributed by atoms with Crippen molar-refractivity contribution in [3.63, 3.8) is 0 Å². The number of benzene rings is 1. The van der Waals surface area contributed by atoms with Gasteiger partial charge in [0, 0.05) is 12.5 Å². The van der Waals surface area contributed by atoms with Gasteiger partial charge in [0.1, 0.15) is 11.6 Å². The number of carbonyl (C=O) groups is 1. The van der Waals surface area contributed by atoms with Gasteiger partial charge >= 0.3 is 0 Å². The molecule has 0 saturated carbocycles. The normalized spacial score (nSPS) is 9.41. The van der Waals surface area contributed by atoms with E-state index in [1.54, 1.807) is 24.3 Å². The molecule has 3 heteroatoms. The smallest absolute Gasteiger partial charge is 0.194 e. The summed E-state index contributed by atoms with van der Waals surface area (Å²) in [5, 5.41) is 0. The lowest BCUT2D eigenvalue weighted by molar-refractivity contribution is 0.0988. The van der Waals surface area contributed by atoms with E-state index in [1.165, 1.54) is 19.1 Å². The van der Waals surface area contributed by atoms with Gasteiger partial charge in [0.25, 0.3) is 0 Å². The van der Waals surface area contributed by atoms with E-state index in [4.69, 9.17) is 4.42 Å². The van der Waals surface area contributed by atoms with E-state index in [9.17, 15) is 9.18 Å². The van der Waals surface area contributed by atoms with E-state index < -0.39 is 0 Å². The zero-order valence-electron chi connectivity index (χ0n) is 10.2. The third kappa shape index (κ3) is 3.28. The highest BCUT2D eigenvalue weighted by atomic mass is 19.1. The van der Waals surface area contributed by atoms with E-state index in [0.29, 0.717) is 11.3 Å². The number of rotatable bonds is 2. The van der Waals surface area contributed by atoms with Crippen molar-refractivity contribution in [1.82, 2.24) is 0 Å². The Morgan fingerprint density at radius 2 is 1.88 bits per heavy atom. The lowest BCUT2D eigenvalue weighted by Crippen LogP contribution is -1.86. The SMILES string of the molecule is CC.CC(=O)c1ccc(-c2cccc(F)c2)o1. The summed E-state index contributed by atoms with van der Waals surface area (Å²) in [5.74, 6) is 0.319. The van der Waals surface area contributed by atoms with E-state index in [1.807, 2.05) is 13.8 Å². The van der Waals surface area contributed by atoms with Crippen molar-refractivity contribution in [3.8, 4) is 11.3 Å². The zero-order chi connectivity index (χ0) is 12.8. The fraction of sp³-hybridized carbons (Fsp3) is 0.214. The van der Waals surface area contributed by atoms with Crippen molar-refractivity contribution in [3.05, 3.63) is 48.0 Å². The van der Waals surface area contributed by atoms with Crippen molar-refractivity contribution < 1.29 is 13.6 Å². The van der Waals surface area contributed by atoms with Crippen LogP contribution in [0.3, 0.4) is 0 Å². The summed E-state index contributed by atoms with van der Waals surface area (Å²) in [6.07, 6.45) is 0. The molecule has 1 aromatic heterocycles. The highest BCUT2D eigenvalue weighted by molar-refractivity contribution is 5.91. The minimum Gasteiger partial charge on any atom is -0.453 e. The molecule has 0 saturated heterocycles. The molecule has 0 aliphatic heterocycles. The first kappa shape index (κ1) is 13.2. The molecule has 0 amide bonds. The topological polar surface area (TPSA) is 30.2 Å². The van der Waals surface area contributed by atoms with Crippen LogP contribution in [-0.2, 0) is 0 Å². The van der Waals surface area contributed by atoms with Crippen molar-refractivity contribution in [2.45, 2.75) is 20.8 Å². The van der Waals surface area contributed by atoms with Gasteiger partial charge in [0.05, 0.1) is 0 Å². The fourth-order valence-electron chi connectivity index (χ4n) is 1.32. The molecule has 90 valence electrons. The van der Waals surface area contributed by atoms with Gasteiger partial charge in [-0.3, -0.25) is 4.79 Å². The molecule has 2 rings (SSSR count). The number of halogens is 1. The summed E-state index contributed by atoms with van der Waals surface area (Å²) in [5.41, 5.74) is 0.627. The molecule has 0 aliphatic rings. The molecule has 0 N–H and O–H groups in total. The Hall–Kier alpha value is -1.90. The van der Waals surface area contributed by atoms with E-state index in [2.05, 4.69) is 0 Å². The lowest BCUT2D eigenvalue weighted by Gasteiger charge is -1.96. The Labute approximate surface area is 100 Å². The summed E-state index contributed by atoms with van der Waals surface area (Å²) in [7, 11) is 0. The first-order chi connectivity index (χ1) is 8.16. The molecule has 2 nitrogen and oxygen atoms in total. The molecule has 0 bridgehead atoms. The molecule has 0 fully saturated rings. The molecule has 0 spiro atoms. The first-order valence-corrected chi connectivity index (χ1v) is 5.53. The van der Waals surface area contributed by atoms with Crippen LogP contribution in [0.1, 0.15) is 31.3 Å². The average molecular weight is 234 g/mol. The van der Waals surface area contributed by atoms with E-state index >= 15 is 0 Å². The van der Waals surface area contributed by atoms with Crippen LogP contribution in [0.15, 0.2) is 40.8 Å². The number of hydrogen-bond donors (Lipinski definition) is 0. The van der Waals surface area contributed by atoms with Crippen LogP contribution in [0.25, 0.3) is 11.3 Å². The van der Waals surface area contributed by atoms with E-state index in [0.717, 1.165) is 0 Å². The third-order valence-electron chi connectivity index (χ3n) is 2.06. The van der Waals surface area contributed by atoms with Crippen molar-refractivity contribution in [1.29, 1.82) is 0 Å². The van der Waals surface area contributed by atoms with Gasteiger partial charge in [0.2, 0.25) is 0 Å². The molecule has 0 unspecified atom stereocenters. The Bertz CT molecular complexity index is 500. The Balaban J connectivity index is 0.000000686. The minimum atomic E-state index is -0.326. The Kier molecular flexibility index (Phi) is 4.64. The number of Topliss-reactive ketones (excluding diaryl/α,β-unsaturated/α-hetero) is 1. The lowest BCUT2D eigenvalue weighted by atomic mass is 10.2. The summed E-state index contributed by atoms with van der Waals surface area (Å²) in [4.78, 5) is 11.0. The summed E-state index contributed by atoms with van der Waals surface area (Å²) in [6.45, 7) is 5.42. The van der Waals surface area contributed by atoms with Crippen LogP contribution in [0.5, 0.6) is 0 Å². The second-order valence-corrected chi connectivity index (χ2v) is 3.23. The highest BCUT2D eigenvalue weighted by Gasteiger charge is 2.08. The Morgan fingerprint density at radius 1 is 1.18 bits per heavy atom. The van der Waals surface area contributed by atoms with Gasteiger partial charge in [-0.05, 0) is 24.3 Å². The molecule has 0 atom stereocenters. The summed E-state index contributed by atoms with van der Waals surface area (Å²) < 4.78 is 18.2. The van der Waals surface area contributed by atoms with Gasteiger partial charge in [-0.1, -0.05) is 26.0 Å². The van der Waals surface area contributed by atoms with Crippen LogP contribution in [-0.4, -0.2) is 5.78 Å². The van der Waals surface area contributed by atoms with Crippen LogP contribution >= 0.6 is 0 Å².